The highest BCUT2D eigenvalue weighted by atomic mass is 35.5. The Morgan fingerprint density at radius 3 is 2.45 bits per heavy atom. The summed E-state index contributed by atoms with van der Waals surface area (Å²) in [6.45, 7) is 9.32. The van der Waals surface area contributed by atoms with E-state index in [0.29, 0.717) is 6.54 Å². The van der Waals surface area contributed by atoms with Crippen molar-refractivity contribution in [1.82, 2.24) is 14.7 Å². The molecule has 3 fully saturated rings. The van der Waals surface area contributed by atoms with Crippen LogP contribution in [0.2, 0.25) is 0 Å². The third-order valence-electron chi connectivity index (χ3n) is 6.97. The zero-order valence-corrected chi connectivity index (χ0v) is 20.7. The molecule has 3 heterocycles. The highest BCUT2D eigenvalue weighted by Crippen LogP contribution is 2.29. The SMILES string of the molecule is CCCCOc1ccccc1N1CCN(CCCCN2C(=O)C3CCCCN3C2=O)CC1.Cl. The molecule has 4 rings (SSSR count). The van der Waals surface area contributed by atoms with Gasteiger partial charge in [0, 0.05) is 39.3 Å². The highest BCUT2D eigenvalue weighted by molar-refractivity contribution is 6.04. The first-order chi connectivity index (χ1) is 15.7. The number of imide groups is 1. The molecule has 3 amide bonds. The quantitative estimate of drug-likeness (QED) is 0.375. The maximum absolute atomic E-state index is 12.6. The Kier molecular flexibility index (Phi) is 9.68. The van der Waals surface area contributed by atoms with Crippen LogP contribution in [0, 0.1) is 0 Å². The number of ether oxygens (including phenoxy) is 1. The van der Waals surface area contributed by atoms with Gasteiger partial charge in [0.2, 0.25) is 0 Å². The first-order valence-corrected chi connectivity index (χ1v) is 12.5. The lowest BCUT2D eigenvalue weighted by molar-refractivity contribution is -0.128. The van der Waals surface area contributed by atoms with Crippen molar-refractivity contribution < 1.29 is 14.3 Å². The first kappa shape index (κ1) is 25.6. The fourth-order valence-electron chi connectivity index (χ4n) is 5.04. The summed E-state index contributed by atoms with van der Waals surface area (Å²) in [6.07, 6.45) is 7.01. The minimum Gasteiger partial charge on any atom is -0.491 e. The maximum atomic E-state index is 12.6. The standard InChI is InChI=1S/C25H38N4O3.ClH/c1-2-3-20-32-23-12-5-4-10-21(23)27-18-16-26(17-19-27)13-8-9-15-29-24(30)22-11-6-7-14-28(22)25(29)31;/h4-5,10,12,22H,2-3,6-9,11,13-20H2,1H3;1H. The first-order valence-electron chi connectivity index (χ1n) is 12.5. The van der Waals surface area contributed by atoms with E-state index in [1.807, 2.05) is 6.07 Å². The van der Waals surface area contributed by atoms with Crippen LogP contribution in [0.3, 0.4) is 0 Å². The zero-order chi connectivity index (χ0) is 22.3. The molecular formula is C25H39ClN4O3. The number of benzene rings is 1. The highest BCUT2D eigenvalue weighted by Gasteiger charge is 2.45. The van der Waals surface area contributed by atoms with Crippen molar-refractivity contribution in [2.45, 2.75) is 57.9 Å². The van der Waals surface area contributed by atoms with Crippen LogP contribution in [0.5, 0.6) is 5.75 Å². The summed E-state index contributed by atoms with van der Waals surface area (Å²) >= 11 is 0. The molecule has 33 heavy (non-hydrogen) atoms. The van der Waals surface area contributed by atoms with Gasteiger partial charge in [0.25, 0.3) is 5.91 Å². The van der Waals surface area contributed by atoms with Crippen LogP contribution in [0.15, 0.2) is 24.3 Å². The molecule has 0 aliphatic carbocycles. The number of rotatable bonds is 10. The van der Waals surface area contributed by atoms with Gasteiger partial charge in [-0.3, -0.25) is 14.6 Å². The summed E-state index contributed by atoms with van der Waals surface area (Å²) in [5.41, 5.74) is 1.20. The van der Waals surface area contributed by atoms with Gasteiger partial charge in [0.1, 0.15) is 11.8 Å². The van der Waals surface area contributed by atoms with Crippen LogP contribution in [-0.4, -0.2) is 85.1 Å². The summed E-state index contributed by atoms with van der Waals surface area (Å²) in [6, 6.07) is 8.12. The molecule has 3 aliphatic heterocycles. The predicted octanol–water partition coefficient (Wildman–Crippen LogP) is 4.01. The van der Waals surface area contributed by atoms with E-state index in [0.717, 1.165) is 96.6 Å². The van der Waals surface area contributed by atoms with E-state index < -0.39 is 0 Å². The van der Waals surface area contributed by atoms with Crippen LogP contribution in [-0.2, 0) is 4.79 Å². The van der Waals surface area contributed by atoms with E-state index in [4.69, 9.17) is 4.74 Å². The number of carbonyl (C=O) groups is 2. The lowest BCUT2D eigenvalue weighted by atomic mass is 10.0. The minimum absolute atomic E-state index is 0. The number of piperidine rings is 1. The number of urea groups is 1. The van der Waals surface area contributed by atoms with Crippen molar-refractivity contribution in [1.29, 1.82) is 0 Å². The average molecular weight is 479 g/mol. The number of piperazine rings is 1. The van der Waals surface area contributed by atoms with Gasteiger partial charge in [-0.2, -0.15) is 0 Å². The summed E-state index contributed by atoms with van der Waals surface area (Å²) in [5, 5.41) is 0. The van der Waals surface area contributed by atoms with Crippen molar-refractivity contribution in [3.05, 3.63) is 24.3 Å². The molecule has 1 aromatic carbocycles. The number of fused-ring (bicyclic) bond motifs is 1. The molecule has 0 aromatic heterocycles. The molecular weight excluding hydrogens is 440 g/mol. The second kappa shape index (κ2) is 12.5. The molecule has 0 saturated carbocycles. The van der Waals surface area contributed by atoms with Gasteiger partial charge >= 0.3 is 6.03 Å². The van der Waals surface area contributed by atoms with Gasteiger partial charge in [-0.25, -0.2) is 4.79 Å². The number of anilines is 1. The van der Waals surface area contributed by atoms with E-state index in [1.165, 1.54) is 10.6 Å². The van der Waals surface area contributed by atoms with Crippen LogP contribution in [0.4, 0.5) is 10.5 Å². The largest absolute Gasteiger partial charge is 0.491 e. The van der Waals surface area contributed by atoms with Gasteiger partial charge < -0.3 is 14.5 Å². The lowest BCUT2D eigenvalue weighted by Crippen LogP contribution is -2.46. The van der Waals surface area contributed by atoms with Crippen molar-refractivity contribution in [3.63, 3.8) is 0 Å². The number of carbonyl (C=O) groups excluding carboxylic acids is 2. The molecule has 0 spiro atoms. The second-order valence-electron chi connectivity index (χ2n) is 9.18. The van der Waals surface area contributed by atoms with Crippen molar-refractivity contribution >= 4 is 30.0 Å². The number of para-hydroxylation sites is 2. The molecule has 1 unspecified atom stereocenters. The summed E-state index contributed by atoms with van der Waals surface area (Å²) in [5.74, 6) is 1.02. The number of hydrogen-bond acceptors (Lipinski definition) is 5. The third kappa shape index (κ3) is 6.12. The second-order valence-corrected chi connectivity index (χ2v) is 9.18. The van der Waals surface area contributed by atoms with Crippen molar-refractivity contribution in [2.24, 2.45) is 0 Å². The maximum Gasteiger partial charge on any atom is 0.327 e. The number of amides is 3. The molecule has 0 N–H and O–H groups in total. The fraction of sp³-hybridized carbons (Fsp3) is 0.680. The Morgan fingerprint density at radius 1 is 0.939 bits per heavy atom. The molecule has 7 nitrogen and oxygen atoms in total. The molecule has 3 aliphatic rings. The molecule has 1 aromatic rings. The summed E-state index contributed by atoms with van der Waals surface area (Å²) < 4.78 is 6.02. The molecule has 184 valence electrons. The van der Waals surface area contributed by atoms with Gasteiger partial charge in [0.05, 0.1) is 12.3 Å². The Balaban J connectivity index is 0.00000306. The predicted molar refractivity (Wildman–Crippen MR) is 133 cm³/mol. The Hall–Kier alpha value is -1.99. The van der Waals surface area contributed by atoms with E-state index in [2.05, 4.69) is 34.9 Å². The molecule has 8 heteroatoms. The van der Waals surface area contributed by atoms with E-state index in [1.54, 1.807) is 4.90 Å². The Morgan fingerprint density at radius 2 is 1.70 bits per heavy atom. The van der Waals surface area contributed by atoms with Gasteiger partial charge in [-0.05, 0) is 57.2 Å². The van der Waals surface area contributed by atoms with Gasteiger partial charge in [-0.15, -0.1) is 12.4 Å². The smallest absolute Gasteiger partial charge is 0.327 e. The average Bonchev–Trinajstić information content (AvgIpc) is 3.08. The lowest BCUT2D eigenvalue weighted by Gasteiger charge is -2.36. The van der Waals surface area contributed by atoms with Crippen LogP contribution in [0.1, 0.15) is 51.9 Å². The fourth-order valence-corrected chi connectivity index (χ4v) is 5.04. The zero-order valence-electron chi connectivity index (χ0n) is 19.9. The number of halogens is 1. The minimum atomic E-state index is -0.182. The van der Waals surface area contributed by atoms with Crippen LogP contribution >= 0.6 is 12.4 Å². The number of nitrogens with zero attached hydrogens (tertiary/aromatic N) is 4. The molecule has 0 bridgehead atoms. The van der Waals surface area contributed by atoms with Crippen molar-refractivity contribution in [3.8, 4) is 5.75 Å². The normalized spacial score (nSPS) is 21.2. The molecule has 0 radical (unpaired) electrons. The topological polar surface area (TPSA) is 56.3 Å². The van der Waals surface area contributed by atoms with Gasteiger partial charge in [0.15, 0.2) is 0 Å². The van der Waals surface area contributed by atoms with Crippen LogP contribution in [0.25, 0.3) is 0 Å². The van der Waals surface area contributed by atoms with Gasteiger partial charge in [-0.1, -0.05) is 25.5 Å². The summed E-state index contributed by atoms with van der Waals surface area (Å²) in [7, 11) is 0. The van der Waals surface area contributed by atoms with Crippen LogP contribution < -0.4 is 9.64 Å². The van der Waals surface area contributed by atoms with E-state index in [9.17, 15) is 9.59 Å². The number of hydrogen-bond donors (Lipinski definition) is 0. The number of unbranched alkanes of at least 4 members (excludes halogenated alkanes) is 2. The monoisotopic (exact) mass is 478 g/mol. The van der Waals surface area contributed by atoms with E-state index in [-0.39, 0.29) is 30.4 Å². The Bertz CT molecular complexity index is 761. The molecule has 3 saturated heterocycles. The van der Waals surface area contributed by atoms with E-state index >= 15 is 0 Å². The third-order valence-corrected chi connectivity index (χ3v) is 6.97. The van der Waals surface area contributed by atoms with Crippen molar-refractivity contribution in [2.75, 3.05) is 57.3 Å². The Labute approximate surface area is 204 Å². The summed E-state index contributed by atoms with van der Waals surface area (Å²) in [4.78, 5) is 33.3. The molecule has 1 atom stereocenters.